The van der Waals surface area contributed by atoms with Crippen molar-refractivity contribution < 1.29 is 0 Å². The molecule has 1 fully saturated rings. The number of aryl methyl sites for hydroxylation is 1. The highest BCUT2D eigenvalue weighted by Crippen LogP contribution is 2.34. The third-order valence-electron chi connectivity index (χ3n) is 4.48. The Morgan fingerprint density at radius 2 is 2.09 bits per heavy atom. The van der Waals surface area contributed by atoms with Crippen LogP contribution in [0.4, 0.5) is 0 Å². The van der Waals surface area contributed by atoms with E-state index in [0.717, 1.165) is 25.3 Å². The van der Waals surface area contributed by atoms with Gasteiger partial charge < -0.3 is 10.6 Å². The zero-order valence-corrected chi connectivity index (χ0v) is 18.0. The summed E-state index contributed by atoms with van der Waals surface area (Å²) in [5.74, 6) is 0.928. The van der Waals surface area contributed by atoms with E-state index >= 15 is 0 Å². The molecular formula is C17H31IN4S. The molecule has 1 saturated carbocycles. The number of nitrogens with zero attached hydrogens (tertiary/aromatic N) is 2. The summed E-state index contributed by atoms with van der Waals surface area (Å²) in [5.41, 5.74) is 0.511. The zero-order chi connectivity index (χ0) is 16.0. The molecule has 23 heavy (non-hydrogen) atoms. The first-order valence-electron chi connectivity index (χ1n) is 8.43. The minimum absolute atomic E-state index is 0. The van der Waals surface area contributed by atoms with Crippen LogP contribution in [-0.2, 0) is 12.8 Å². The third kappa shape index (κ3) is 6.95. The van der Waals surface area contributed by atoms with Crippen LogP contribution in [0.3, 0.4) is 0 Å². The predicted octanol–water partition coefficient (Wildman–Crippen LogP) is 4.00. The van der Waals surface area contributed by atoms with Crippen LogP contribution < -0.4 is 10.6 Å². The monoisotopic (exact) mass is 450 g/mol. The van der Waals surface area contributed by atoms with Gasteiger partial charge in [-0.15, -0.1) is 35.3 Å². The van der Waals surface area contributed by atoms with Crippen LogP contribution in [0.15, 0.2) is 11.2 Å². The second-order valence-electron chi connectivity index (χ2n) is 6.91. The molecule has 0 radical (unpaired) electrons. The Kier molecular flexibility index (Phi) is 8.82. The minimum atomic E-state index is 0. The molecule has 0 bridgehead atoms. The van der Waals surface area contributed by atoms with Crippen molar-refractivity contribution in [2.75, 3.05) is 13.6 Å². The molecule has 132 valence electrons. The van der Waals surface area contributed by atoms with E-state index in [9.17, 15) is 0 Å². The van der Waals surface area contributed by atoms with E-state index in [-0.39, 0.29) is 24.0 Å². The van der Waals surface area contributed by atoms with Crippen LogP contribution >= 0.6 is 35.3 Å². The summed E-state index contributed by atoms with van der Waals surface area (Å²) in [6.07, 6.45) is 9.09. The lowest BCUT2D eigenvalue weighted by atomic mass is 9.75. The van der Waals surface area contributed by atoms with Gasteiger partial charge in [-0.05, 0) is 37.5 Å². The molecule has 0 unspecified atom stereocenters. The van der Waals surface area contributed by atoms with Crippen LogP contribution in [0.1, 0.15) is 56.3 Å². The lowest BCUT2D eigenvalue weighted by Gasteiger charge is -2.35. The molecule has 0 saturated heterocycles. The maximum absolute atomic E-state index is 4.46. The quantitative estimate of drug-likeness (QED) is 0.405. The number of hydrogen-bond donors (Lipinski definition) is 2. The van der Waals surface area contributed by atoms with Gasteiger partial charge in [-0.2, -0.15) is 0 Å². The molecule has 1 aliphatic carbocycles. The Morgan fingerprint density at radius 1 is 1.39 bits per heavy atom. The molecule has 1 aromatic rings. The molecule has 0 amide bonds. The summed E-state index contributed by atoms with van der Waals surface area (Å²) < 4.78 is 0. The molecule has 6 heteroatoms. The molecule has 1 aromatic heterocycles. The van der Waals surface area contributed by atoms with E-state index in [2.05, 4.69) is 41.4 Å². The Bertz CT molecular complexity index is 489. The number of halogens is 1. The molecule has 0 spiro atoms. The molecule has 0 aliphatic heterocycles. The standard InChI is InChI=1S/C17H30N4S.HI/c1-5-14-12-20-15(22-14)8-11-19-16(18-4)21-13-6-9-17(2,3)10-7-13;/h12-13H,5-11H2,1-4H3,(H2,18,19,21);1H. The Balaban J connectivity index is 0.00000264. The van der Waals surface area contributed by atoms with Gasteiger partial charge in [-0.3, -0.25) is 4.99 Å². The fourth-order valence-corrected chi connectivity index (χ4v) is 3.71. The normalized spacial score (nSPS) is 18.3. The molecule has 2 rings (SSSR count). The number of aromatic nitrogens is 1. The van der Waals surface area contributed by atoms with Crippen molar-refractivity contribution in [1.82, 2.24) is 15.6 Å². The number of nitrogens with one attached hydrogen (secondary N) is 2. The summed E-state index contributed by atoms with van der Waals surface area (Å²) in [6, 6.07) is 0.561. The van der Waals surface area contributed by atoms with Gasteiger partial charge in [0, 0.05) is 37.1 Å². The van der Waals surface area contributed by atoms with Crippen molar-refractivity contribution in [3.63, 3.8) is 0 Å². The van der Waals surface area contributed by atoms with Gasteiger partial charge in [0.1, 0.15) is 0 Å². The maximum atomic E-state index is 4.46. The topological polar surface area (TPSA) is 49.3 Å². The molecule has 2 N–H and O–H groups in total. The number of rotatable bonds is 5. The number of aliphatic imine (C=N–C) groups is 1. The summed E-state index contributed by atoms with van der Waals surface area (Å²) in [5, 5.41) is 8.19. The SMILES string of the molecule is CCc1cnc(CCNC(=NC)NC2CCC(C)(C)CC2)s1.I. The number of guanidine groups is 1. The second-order valence-corrected chi connectivity index (χ2v) is 8.11. The van der Waals surface area contributed by atoms with E-state index in [4.69, 9.17) is 0 Å². The van der Waals surface area contributed by atoms with Crippen molar-refractivity contribution >= 4 is 41.3 Å². The van der Waals surface area contributed by atoms with Gasteiger partial charge in [0.05, 0.1) is 5.01 Å². The zero-order valence-electron chi connectivity index (χ0n) is 14.8. The first kappa shape index (κ1) is 20.7. The highest BCUT2D eigenvalue weighted by molar-refractivity contribution is 14.0. The molecule has 1 heterocycles. The molecular weight excluding hydrogens is 419 g/mol. The van der Waals surface area contributed by atoms with Crippen LogP contribution in [0, 0.1) is 5.41 Å². The van der Waals surface area contributed by atoms with Crippen LogP contribution in [-0.4, -0.2) is 30.6 Å². The Hall–Kier alpha value is -0.370. The van der Waals surface area contributed by atoms with E-state index in [0.29, 0.717) is 11.5 Å². The van der Waals surface area contributed by atoms with Crippen molar-refractivity contribution in [2.24, 2.45) is 10.4 Å². The molecule has 4 nitrogen and oxygen atoms in total. The van der Waals surface area contributed by atoms with E-state index in [1.807, 2.05) is 24.6 Å². The van der Waals surface area contributed by atoms with E-state index in [1.165, 1.54) is 35.6 Å². The number of hydrogen-bond acceptors (Lipinski definition) is 3. The van der Waals surface area contributed by atoms with Gasteiger partial charge in [0.25, 0.3) is 0 Å². The average Bonchev–Trinajstić information content (AvgIpc) is 2.96. The smallest absolute Gasteiger partial charge is 0.191 e. The predicted molar refractivity (Wildman–Crippen MR) is 111 cm³/mol. The maximum Gasteiger partial charge on any atom is 0.191 e. The Labute approximate surface area is 162 Å². The fourth-order valence-electron chi connectivity index (χ4n) is 2.85. The minimum Gasteiger partial charge on any atom is -0.356 e. The molecule has 0 aromatic carbocycles. The Morgan fingerprint density at radius 3 is 2.65 bits per heavy atom. The first-order valence-corrected chi connectivity index (χ1v) is 9.25. The van der Waals surface area contributed by atoms with Crippen LogP contribution in [0.25, 0.3) is 0 Å². The van der Waals surface area contributed by atoms with Crippen molar-refractivity contribution in [1.29, 1.82) is 0 Å². The van der Waals surface area contributed by atoms with E-state index < -0.39 is 0 Å². The van der Waals surface area contributed by atoms with Crippen molar-refractivity contribution in [2.45, 2.75) is 65.3 Å². The lowest BCUT2D eigenvalue weighted by molar-refractivity contribution is 0.216. The summed E-state index contributed by atoms with van der Waals surface area (Å²) in [7, 11) is 1.85. The molecule has 0 atom stereocenters. The summed E-state index contributed by atoms with van der Waals surface area (Å²) in [6.45, 7) is 7.80. The average molecular weight is 450 g/mol. The third-order valence-corrected chi connectivity index (χ3v) is 5.69. The fraction of sp³-hybridized carbons (Fsp3) is 0.765. The van der Waals surface area contributed by atoms with Crippen molar-refractivity contribution in [3.05, 3.63) is 16.1 Å². The highest BCUT2D eigenvalue weighted by atomic mass is 127. The van der Waals surface area contributed by atoms with Gasteiger partial charge in [0.15, 0.2) is 5.96 Å². The van der Waals surface area contributed by atoms with E-state index in [1.54, 1.807) is 0 Å². The van der Waals surface area contributed by atoms with Crippen LogP contribution in [0.2, 0.25) is 0 Å². The summed E-state index contributed by atoms with van der Waals surface area (Å²) in [4.78, 5) is 10.2. The second kappa shape index (κ2) is 9.81. The number of thiazole rings is 1. The van der Waals surface area contributed by atoms with Crippen LogP contribution in [0.5, 0.6) is 0 Å². The lowest BCUT2D eigenvalue weighted by Crippen LogP contribution is -2.46. The highest BCUT2D eigenvalue weighted by Gasteiger charge is 2.27. The van der Waals surface area contributed by atoms with Gasteiger partial charge in [-0.25, -0.2) is 4.98 Å². The first-order chi connectivity index (χ1) is 10.5. The summed E-state index contributed by atoms with van der Waals surface area (Å²) >= 11 is 1.82. The van der Waals surface area contributed by atoms with Crippen molar-refractivity contribution in [3.8, 4) is 0 Å². The largest absolute Gasteiger partial charge is 0.356 e. The van der Waals surface area contributed by atoms with Gasteiger partial charge in [0.2, 0.25) is 0 Å². The molecule has 1 aliphatic rings. The van der Waals surface area contributed by atoms with Gasteiger partial charge in [-0.1, -0.05) is 20.8 Å². The van der Waals surface area contributed by atoms with Gasteiger partial charge >= 0.3 is 0 Å².